The molecule has 21 heavy (non-hydrogen) atoms. The highest BCUT2D eigenvalue weighted by Gasteiger charge is 2.21. The molecule has 0 bridgehead atoms. The van der Waals surface area contributed by atoms with Gasteiger partial charge >= 0.3 is 0 Å². The molecule has 2 rings (SSSR count). The Morgan fingerprint density at radius 1 is 1.10 bits per heavy atom. The predicted octanol–water partition coefficient (Wildman–Crippen LogP) is 2.40. The van der Waals surface area contributed by atoms with Gasteiger partial charge in [0, 0.05) is 23.8 Å². The molecule has 0 saturated carbocycles. The second kappa shape index (κ2) is 6.76. The minimum absolute atomic E-state index is 0.00867. The number of carbonyl (C=O) groups excluding carboxylic acids is 1. The van der Waals surface area contributed by atoms with Crippen molar-refractivity contribution < 1.29 is 9.36 Å². The minimum Gasteiger partial charge on any atom is -0.282 e. The molecule has 0 amide bonds. The van der Waals surface area contributed by atoms with Crippen molar-refractivity contribution in [2.45, 2.75) is 0 Å². The number of ketones is 1. The summed E-state index contributed by atoms with van der Waals surface area (Å²) in [4.78, 5) is 12.6. The Morgan fingerprint density at radius 2 is 1.71 bits per heavy atom. The minimum atomic E-state index is -0.227. The van der Waals surface area contributed by atoms with E-state index < -0.39 is 0 Å². The normalized spacial score (nSPS) is 10.3. The lowest BCUT2D eigenvalue weighted by atomic mass is 10.1. The number of Topliss-reactive ketones (excluding diaryl/α,β-unsaturated/α-hetero) is 1. The van der Waals surface area contributed by atoms with Gasteiger partial charge in [-0.2, -0.15) is 9.83 Å². The van der Waals surface area contributed by atoms with Crippen molar-refractivity contribution in [1.29, 1.82) is 10.7 Å². The van der Waals surface area contributed by atoms with E-state index in [4.69, 9.17) is 10.7 Å². The summed E-state index contributed by atoms with van der Waals surface area (Å²) in [7, 11) is 0. The summed E-state index contributed by atoms with van der Waals surface area (Å²) >= 11 is 0. The molecule has 1 aromatic heterocycles. The van der Waals surface area contributed by atoms with Crippen LogP contribution in [0.5, 0.6) is 0 Å². The largest absolute Gasteiger partial charge is 0.282 e. The van der Waals surface area contributed by atoms with Gasteiger partial charge in [-0.3, -0.25) is 10.2 Å². The zero-order chi connectivity index (χ0) is 15.1. The summed E-state index contributed by atoms with van der Waals surface area (Å²) in [6.07, 6.45) is 4.79. The van der Waals surface area contributed by atoms with E-state index in [0.29, 0.717) is 5.56 Å². The van der Waals surface area contributed by atoms with E-state index in [1.54, 1.807) is 53.4 Å². The van der Waals surface area contributed by atoms with Gasteiger partial charge in [-0.25, -0.2) is 0 Å². The van der Waals surface area contributed by atoms with E-state index in [1.807, 2.05) is 24.1 Å². The number of rotatable bonds is 4. The zero-order valence-corrected chi connectivity index (χ0v) is 11.2. The molecule has 100 valence electrons. The van der Waals surface area contributed by atoms with Gasteiger partial charge in [0.15, 0.2) is 12.4 Å². The number of aromatic nitrogens is 1. The molecule has 0 atom stereocenters. The Bertz CT molecular complexity index is 765. The van der Waals surface area contributed by atoms with E-state index in [-0.39, 0.29) is 17.1 Å². The van der Waals surface area contributed by atoms with E-state index in [9.17, 15) is 4.79 Å². The van der Waals surface area contributed by atoms with Gasteiger partial charge in [-0.05, 0) is 5.87 Å². The first-order valence-electron chi connectivity index (χ1n) is 6.24. The van der Waals surface area contributed by atoms with Crippen molar-refractivity contribution in [3.8, 4) is 6.07 Å². The van der Waals surface area contributed by atoms with Crippen LogP contribution < -0.4 is 4.57 Å². The van der Waals surface area contributed by atoms with E-state index in [0.717, 1.165) is 0 Å². The number of hydrogen-bond donors (Lipinski definition) is 1. The number of carbonyl (C=O) groups is 1. The van der Waals surface area contributed by atoms with Gasteiger partial charge in [0.25, 0.3) is 11.5 Å². The van der Waals surface area contributed by atoms with Gasteiger partial charge in [-0.15, -0.1) is 0 Å². The van der Waals surface area contributed by atoms with Crippen molar-refractivity contribution in [2.75, 3.05) is 0 Å². The molecular formula is C17H12N3O+. The fraction of sp³-hybridized carbons (Fsp3) is 0. The summed E-state index contributed by atoms with van der Waals surface area (Å²) in [6.45, 7) is 0. The third kappa shape index (κ3) is 3.38. The summed E-state index contributed by atoms with van der Waals surface area (Å²) in [5.74, 6) is 1.79. The second-order valence-corrected chi connectivity index (χ2v) is 4.16. The molecule has 0 aliphatic rings. The Kier molecular flexibility index (Phi) is 4.55. The van der Waals surface area contributed by atoms with Crippen LogP contribution in [0.15, 0.2) is 72.6 Å². The van der Waals surface area contributed by atoms with Crippen LogP contribution in [0.2, 0.25) is 0 Å². The number of pyridine rings is 1. The molecule has 0 radical (unpaired) electrons. The monoisotopic (exact) mass is 274 g/mol. The van der Waals surface area contributed by atoms with Gasteiger partial charge in [-0.1, -0.05) is 36.4 Å². The van der Waals surface area contributed by atoms with E-state index in [1.165, 1.54) is 6.08 Å². The predicted molar refractivity (Wildman–Crippen MR) is 78.5 cm³/mol. The first-order valence-corrected chi connectivity index (χ1v) is 6.24. The van der Waals surface area contributed by atoms with E-state index in [2.05, 4.69) is 0 Å². The van der Waals surface area contributed by atoms with Crippen molar-refractivity contribution in [3.05, 3.63) is 78.1 Å². The molecule has 0 spiro atoms. The quantitative estimate of drug-likeness (QED) is 0.232. The van der Waals surface area contributed by atoms with Crippen molar-refractivity contribution in [2.24, 2.45) is 0 Å². The van der Waals surface area contributed by atoms with Crippen LogP contribution in [0.25, 0.3) is 5.70 Å². The Labute approximate surface area is 122 Å². The molecule has 2 aromatic rings. The molecule has 4 nitrogen and oxygen atoms in total. The number of allylic oxidation sites excluding steroid dienone is 3. The van der Waals surface area contributed by atoms with Crippen LogP contribution in [0.1, 0.15) is 10.4 Å². The lowest BCUT2D eigenvalue weighted by molar-refractivity contribution is -0.576. The third-order valence-corrected chi connectivity index (χ3v) is 2.80. The van der Waals surface area contributed by atoms with Crippen LogP contribution in [0, 0.1) is 16.7 Å². The Hall–Kier alpha value is -3.28. The van der Waals surface area contributed by atoms with Crippen molar-refractivity contribution in [1.82, 2.24) is 0 Å². The Morgan fingerprint density at radius 3 is 2.29 bits per heavy atom. The van der Waals surface area contributed by atoms with Gasteiger partial charge < -0.3 is 0 Å². The van der Waals surface area contributed by atoms with Crippen LogP contribution in [0.3, 0.4) is 0 Å². The first kappa shape index (κ1) is 14.1. The molecule has 0 aliphatic heterocycles. The molecular weight excluding hydrogens is 262 g/mol. The first-order chi connectivity index (χ1) is 10.3. The van der Waals surface area contributed by atoms with Gasteiger partial charge in [0.2, 0.25) is 0 Å². The highest BCUT2D eigenvalue weighted by atomic mass is 16.1. The maximum Gasteiger partial charge on any atom is 0.260 e. The molecule has 0 saturated heterocycles. The molecule has 4 heteroatoms. The summed E-state index contributed by atoms with van der Waals surface area (Å²) < 4.78 is 1.62. The summed E-state index contributed by atoms with van der Waals surface area (Å²) in [5, 5.41) is 16.0. The number of nitriles is 1. The number of nitrogens with one attached hydrogen (secondary N) is 1. The zero-order valence-electron chi connectivity index (χ0n) is 11.2. The molecule has 1 aromatic carbocycles. The van der Waals surface area contributed by atoms with Crippen LogP contribution >= 0.6 is 0 Å². The highest BCUT2D eigenvalue weighted by Crippen LogP contribution is 2.10. The number of nitrogens with zero attached hydrogens (tertiary/aromatic N) is 2. The van der Waals surface area contributed by atoms with Gasteiger partial charge in [0.05, 0.1) is 0 Å². The lowest BCUT2D eigenvalue weighted by Crippen LogP contribution is -2.35. The van der Waals surface area contributed by atoms with Crippen molar-refractivity contribution >= 4 is 17.4 Å². The maximum atomic E-state index is 12.6. The van der Waals surface area contributed by atoms with Crippen LogP contribution in [-0.2, 0) is 0 Å². The fourth-order valence-electron chi connectivity index (χ4n) is 1.79. The van der Waals surface area contributed by atoms with Gasteiger partial charge in [0.1, 0.15) is 11.6 Å². The molecule has 0 unspecified atom stereocenters. The summed E-state index contributed by atoms with van der Waals surface area (Å²) in [5.41, 5.74) is 0.797. The molecule has 1 N–H and O–H groups in total. The smallest absolute Gasteiger partial charge is 0.260 e. The lowest BCUT2D eigenvalue weighted by Gasteiger charge is -2.01. The number of hydrogen-bond acceptors (Lipinski definition) is 3. The molecule has 0 fully saturated rings. The van der Waals surface area contributed by atoms with Crippen LogP contribution in [-0.4, -0.2) is 11.7 Å². The highest BCUT2D eigenvalue weighted by molar-refractivity contribution is 6.22. The molecule has 1 heterocycles. The van der Waals surface area contributed by atoms with E-state index >= 15 is 0 Å². The third-order valence-electron chi connectivity index (χ3n) is 2.80. The second-order valence-electron chi connectivity index (χ2n) is 4.16. The summed E-state index contributed by atoms with van der Waals surface area (Å²) in [6, 6.07) is 16.0. The topological polar surface area (TPSA) is 68.6 Å². The average Bonchev–Trinajstić information content (AvgIpc) is 2.57. The Balaban J connectivity index is 2.55. The standard InChI is InChI=1S/C17H12N3O/c18-12-14(13-19)11-16(20-9-5-2-6-10-20)17(21)15-7-3-1-4-8-15/h1-11,18H/q+1. The number of benzene rings is 1. The molecule has 0 aliphatic carbocycles. The van der Waals surface area contributed by atoms with Crippen molar-refractivity contribution in [3.63, 3.8) is 0 Å². The SMILES string of the molecule is N#CC(=C=N)C=C(C(=O)c1ccccc1)[n+]1ccccc1. The van der Waals surface area contributed by atoms with Crippen LogP contribution in [0.4, 0.5) is 0 Å². The average molecular weight is 274 g/mol. The maximum absolute atomic E-state index is 12.6. The fourth-order valence-corrected chi connectivity index (χ4v) is 1.79.